The van der Waals surface area contributed by atoms with Crippen LogP contribution in [0.3, 0.4) is 0 Å². The predicted octanol–water partition coefficient (Wildman–Crippen LogP) is 4.21. The van der Waals surface area contributed by atoms with Crippen molar-refractivity contribution in [2.24, 2.45) is 0 Å². The summed E-state index contributed by atoms with van der Waals surface area (Å²) in [5.41, 5.74) is 1.45. The van der Waals surface area contributed by atoms with Gasteiger partial charge >= 0.3 is 6.09 Å². The van der Waals surface area contributed by atoms with Crippen LogP contribution in [-0.2, 0) is 11.3 Å². The van der Waals surface area contributed by atoms with Gasteiger partial charge in [0.05, 0.1) is 23.8 Å². The van der Waals surface area contributed by atoms with E-state index in [1.165, 1.54) is 6.20 Å². The third-order valence-corrected chi connectivity index (χ3v) is 3.71. The highest BCUT2D eigenvalue weighted by atomic mass is 16.6. The molecule has 0 aliphatic heterocycles. The van der Waals surface area contributed by atoms with Gasteiger partial charge in [0.15, 0.2) is 0 Å². The monoisotopic (exact) mass is 363 g/mol. The molecule has 3 aromatic rings. The fourth-order valence-electron chi connectivity index (χ4n) is 2.50. The van der Waals surface area contributed by atoms with Crippen molar-refractivity contribution in [3.63, 3.8) is 0 Å². The van der Waals surface area contributed by atoms with Crippen LogP contribution in [0.25, 0.3) is 11.0 Å². The quantitative estimate of drug-likeness (QED) is 0.697. The Morgan fingerprint density at radius 1 is 0.963 bits per heavy atom. The molecule has 138 valence electrons. The van der Waals surface area contributed by atoms with Crippen LogP contribution in [0, 0.1) is 0 Å². The number of fused-ring (bicyclic) bond motifs is 1. The first-order chi connectivity index (χ1) is 12.8. The molecule has 6 heteroatoms. The lowest BCUT2D eigenvalue weighted by Crippen LogP contribution is -2.40. The number of carbonyl (C=O) groups is 2. The summed E-state index contributed by atoms with van der Waals surface area (Å²) in [5, 5.41) is 0. The molecule has 6 nitrogen and oxygen atoms in total. The van der Waals surface area contributed by atoms with Gasteiger partial charge in [0.2, 0.25) is 0 Å². The molecule has 27 heavy (non-hydrogen) atoms. The number of hydrogen-bond donors (Lipinski definition) is 0. The zero-order chi connectivity index (χ0) is 19.4. The second-order valence-electron chi connectivity index (χ2n) is 7.10. The maximum Gasteiger partial charge on any atom is 0.417 e. The maximum absolute atomic E-state index is 13.0. The van der Waals surface area contributed by atoms with E-state index in [-0.39, 0.29) is 12.2 Å². The summed E-state index contributed by atoms with van der Waals surface area (Å²) in [5.74, 6) is -0.550. The number of nitrogens with zero attached hydrogens (tertiary/aromatic N) is 3. The van der Waals surface area contributed by atoms with Crippen molar-refractivity contribution in [1.29, 1.82) is 0 Å². The lowest BCUT2D eigenvalue weighted by molar-refractivity contribution is 0.0225. The van der Waals surface area contributed by atoms with Crippen molar-refractivity contribution in [2.45, 2.75) is 32.9 Å². The minimum absolute atomic E-state index is 0.0864. The van der Waals surface area contributed by atoms with Crippen LogP contribution in [0.2, 0.25) is 0 Å². The van der Waals surface area contributed by atoms with Gasteiger partial charge in [-0.25, -0.2) is 14.7 Å². The number of hydrogen-bond acceptors (Lipinski definition) is 5. The van der Waals surface area contributed by atoms with Crippen molar-refractivity contribution in [3.8, 4) is 0 Å². The number of carbonyl (C=O) groups excluding carboxylic acids is 2. The summed E-state index contributed by atoms with van der Waals surface area (Å²) in [6.45, 7) is 5.35. The molecule has 1 heterocycles. The zero-order valence-corrected chi connectivity index (χ0v) is 15.5. The van der Waals surface area contributed by atoms with Crippen molar-refractivity contribution in [3.05, 3.63) is 72.1 Å². The highest BCUT2D eigenvalue weighted by Crippen LogP contribution is 2.16. The van der Waals surface area contributed by atoms with Gasteiger partial charge < -0.3 is 4.74 Å². The predicted molar refractivity (Wildman–Crippen MR) is 102 cm³/mol. The third-order valence-electron chi connectivity index (χ3n) is 3.71. The second-order valence-corrected chi connectivity index (χ2v) is 7.10. The molecule has 2 amide bonds. The number of imide groups is 1. The van der Waals surface area contributed by atoms with E-state index < -0.39 is 17.6 Å². The van der Waals surface area contributed by atoms with Crippen LogP contribution in [0.4, 0.5) is 4.79 Å². The van der Waals surface area contributed by atoms with E-state index in [0.717, 1.165) is 10.5 Å². The highest BCUT2D eigenvalue weighted by Gasteiger charge is 2.29. The Hall–Kier alpha value is -3.28. The van der Waals surface area contributed by atoms with E-state index in [0.29, 0.717) is 11.0 Å². The van der Waals surface area contributed by atoms with Gasteiger partial charge in [-0.15, -0.1) is 0 Å². The van der Waals surface area contributed by atoms with Gasteiger partial charge in [0.25, 0.3) is 5.91 Å². The smallest absolute Gasteiger partial charge is 0.417 e. The molecule has 0 saturated heterocycles. The normalized spacial score (nSPS) is 11.2. The molecule has 3 rings (SSSR count). The number of benzene rings is 2. The molecule has 0 bridgehead atoms. The van der Waals surface area contributed by atoms with Crippen molar-refractivity contribution < 1.29 is 14.3 Å². The van der Waals surface area contributed by atoms with Crippen LogP contribution >= 0.6 is 0 Å². The molecule has 0 atom stereocenters. The summed E-state index contributed by atoms with van der Waals surface area (Å²) < 4.78 is 5.42. The molecule has 0 aliphatic rings. The minimum atomic E-state index is -0.721. The van der Waals surface area contributed by atoms with Gasteiger partial charge in [-0.05, 0) is 38.5 Å². The Morgan fingerprint density at radius 3 is 2.26 bits per heavy atom. The van der Waals surface area contributed by atoms with Crippen molar-refractivity contribution >= 4 is 23.0 Å². The van der Waals surface area contributed by atoms with Gasteiger partial charge in [-0.2, -0.15) is 0 Å². The summed E-state index contributed by atoms with van der Waals surface area (Å²) >= 11 is 0. The first-order valence-electron chi connectivity index (χ1n) is 8.64. The first-order valence-corrected chi connectivity index (χ1v) is 8.64. The minimum Gasteiger partial charge on any atom is -0.443 e. The largest absolute Gasteiger partial charge is 0.443 e. The summed E-state index contributed by atoms with van der Waals surface area (Å²) in [6, 6.07) is 16.5. The van der Waals surface area contributed by atoms with Crippen LogP contribution < -0.4 is 0 Å². The lowest BCUT2D eigenvalue weighted by Gasteiger charge is -2.26. The average molecular weight is 363 g/mol. The van der Waals surface area contributed by atoms with Crippen LogP contribution in [-0.4, -0.2) is 32.5 Å². The summed E-state index contributed by atoms with van der Waals surface area (Å²) in [6.07, 6.45) is 0.666. The Kier molecular flexibility index (Phi) is 5.16. The maximum atomic E-state index is 13.0. The van der Waals surface area contributed by atoms with Crippen molar-refractivity contribution in [1.82, 2.24) is 14.9 Å². The molecule has 0 unspecified atom stereocenters. The van der Waals surface area contributed by atoms with Crippen LogP contribution in [0.15, 0.2) is 60.8 Å². The fourth-order valence-corrected chi connectivity index (χ4v) is 2.50. The van der Waals surface area contributed by atoms with Crippen molar-refractivity contribution in [2.75, 3.05) is 0 Å². The highest BCUT2D eigenvalue weighted by molar-refractivity contribution is 6.02. The van der Waals surface area contributed by atoms with E-state index >= 15 is 0 Å². The van der Waals surface area contributed by atoms with Gasteiger partial charge in [0.1, 0.15) is 11.3 Å². The molecule has 0 fully saturated rings. The molecule has 2 aromatic carbocycles. The number of rotatable bonds is 3. The second kappa shape index (κ2) is 7.53. The molecule has 0 saturated carbocycles. The molecule has 0 N–H and O–H groups in total. The standard InChI is InChI=1S/C21H21N3O3/c1-21(2,3)27-20(26)24(14-15-9-5-4-6-10-15)19(25)18-13-22-16-11-7-8-12-17(16)23-18/h4-13H,14H2,1-3H3. The van der Waals surface area contributed by atoms with Gasteiger partial charge in [0, 0.05) is 0 Å². The molecule has 1 aromatic heterocycles. The van der Waals surface area contributed by atoms with E-state index in [1.54, 1.807) is 26.8 Å². The molecule has 0 spiro atoms. The van der Waals surface area contributed by atoms with Gasteiger partial charge in [-0.3, -0.25) is 9.78 Å². The Morgan fingerprint density at radius 2 is 1.59 bits per heavy atom. The lowest BCUT2D eigenvalue weighted by atomic mass is 10.2. The fraction of sp³-hybridized carbons (Fsp3) is 0.238. The number of ether oxygens (including phenoxy) is 1. The topological polar surface area (TPSA) is 72.4 Å². The SMILES string of the molecule is CC(C)(C)OC(=O)N(Cc1ccccc1)C(=O)c1cnc2ccccc2n1. The van der Waals surface area contributed by atoms with E-state index in [4.69, 9.17) is 4.74 Å². The van der Waals surface area contributed by atoms with E-state index in [1.807, 2.05) is 48.5 Å². The molecule has 0 aliphatic carbocycles. The summed E-state index contributed by atoms with van der Waals surface area (Å²) in [7, 11) is 0. The molecule has 0 radical (unpaired) electrons. The molecular formula is C21H21N3O3. The Labute approximate surface area is 157 Å². The zero-order valence-electron chi connectivity index (χ0n) is 15.5. The van der Waals surface area contributed by atoms with Crippen LogP contribution in [0.1, 0.15) is 36.8 Å². The molecular weight excluding hydrogens is 342 g/mol. The first kappa shape index (κ1) is 18.5. The summed E-state index contributed by atoms with van der Waals surface area (Å²) in [4.78, 5) is 35.4. The van der Waals surface area contributed by atoms with Crippen LogP contribution in [0.5, 0.6) is 0 Å². The number of aromatic nitrogens is 2. The average Bonchev–Trinajstić information content (AvgIpc) is 2.64. The number of para-hydroxylation sites is 2. The number of amides is 2. The Balaban J connectivity index is 1.94. The Bertz CT molecular complexity index is 965. The van der Waals surface area contributed by atoms with Gasteiger partial charge in [-0.1, -0.05) is 42.5 Å². The third kappa shape index (κ3) is 4.67. The van der Waals surface area contributed by atoms with E-state index in [2.05, 4.69) is 9.97 Å². The van der Waals surface area contributed by atoms with E-state index in [9.17, 15) is 9.59 Å².